The zero-order valence-electron chi connectivity index (χ0n) is 13.1. The quantitative estimate of drug-likeness (QED) is 0.688. The molecule has 0 spiro atoms. The molecule has 22 heavy (non-hydrogen) atoms. The molecule has 1 aromatic rings. The molecule has 1 fully saturated rings. The Hall–Kier alpha value is -1.59. The van der Waals surface area contributed by atoms with E-state index in [0.29, 0.717) is 18.7 Å². The number of hydrogen-bond acceptors (Lipinski definition) is 4. The van der Waals surface area contributed by atoms with Gasteiger partial charge in [-0.05, 0) is 38.2 Å². The molecule has 1 unspecified atom stereocenters. The molecule has 5 heteroatoms. The molecule has 1 aromatic carbocycles. The molecule has 0 bridgehead atoms. The van der Waals surface area contributed by atoms with Crippen LogP contribution in [0.3, 0.4) is 0 Å². The van der Waals surface area contributed by atoms with Crippen LogP contribution in [-0.2, 0) is 11.3 Å². The van der Waals surface area contributed by atoms with E-state index in [2.05, 4.69) is 17.6 Å². The average Bonchev–Trinajstić information content (AvgIpc) is 2.50. The van der Waals surface area contributed by atoms with E-state index in [-0.39, 0.29) is 18.7 Å². The molecule has 3 N–H and O–H groups in total. The molecule has 1 aliphatic carbocycles. The lowest BCUT2D eigenvalue weighted by molar-refractivity contribution is 0.124. The predicted molar refractivity (Wildman–Crippen MR) is 85.5 cm³/mol. The first-order valence-corrected chi connectivity index (χ1v) is 8.01. The fourth-order valence-electron chi connectivity index (χ4n) is 2.69. The first-order valence-electron chi connectivity index (χ1n) is 8.01. The monoisotopic (exact) mass is 306 g/mol. The van der Waals surface area contributed by atoms with Crippen LogP contribution in [0.5, 0.6) is 0 Å². The Balaban J connectivity index is 1.56. The molecule has 1 amide bonds. The van der Waals surface area contributed by atoms with Crippen LogP contribution in [0.2, 0.25) is 0 Å². The van der Waals surface area contributed by atoms with E-state index in [4.69, 9.17) is 9.84 Å². The summed E-state index contributed by atoms with van der Waals surface area (Å²) in [6.07, 6.45) is 3.33. The van der Waals surface area contributed by atoms with E-state index < -0.39 is 0 Å². The van der Waals surface area contributed by atoms with E-state index in [9.17, 15) is 4.79 Å². The van der Waals surface area contributed by atoms with Gasteiger partial charge in [-0.25, -0.2) is 4.79 Å². The van der Waals surface area contributed by atoms with Gasteiger partial charge >= 0.3 is 6.09 Å². The number of aliphatic hydroxyl groups excluding tert-OH is 1. The van der Waals surface area contributed by atoms with E-state index in [0.717, 1.165) is 31.2 Å². The fraction of sp³-hybridized carbons (Fsp3) is 0.588. The van der Waals surface area contributed by atoms with Gasteiger partial charge in [0.05, 0.1) is 0 Å². The fourth-order valence-corrected chi connectivity index (χ4v) is 2.69. The summed E-state index contributed by atoms with van der Waals surface area (Å²) in [6, 6.07) is 10.7. The number of hydrogen-bond donors (Lipinski definition) is 3. The van der Waals surface area contributed by atoms with Gasteiger partial charge < -0.3 is 20.5 Å². The maximum atomic E-state index is 11.7. The lowest BCUT2D eigenvalue weighted by Crippen LogP contribution is -2.54. The Morgan fingerprint density at radius 2 is 2.05 bits per heavy atom. The van der Waals surface area contributed by atoms with Gasteiger partial charge in [-0.1, -0.05) is 30.3 Å². The second-order valence-electron chi connectivity index (χ2n) is 6.00. The van der Waals surface area contributed by atoms with Gasteiger partial charge in [0.15, 0.2) is 0 Å². The summed E-state index contributed by atoms with van der Waals surface area (Å²) in [5, 5.41) is 15.2. The maximum Gasteiger partial charge on any atom is 0.407 e. The SMILES string of the molecule is CC(CCCO)NC1CC(NC(=O)OCc2ccccc2)C1. The second-order valence-corrected chi connectivity index (χ2v) is 6.00. The van der Waals surface area contributed by atoms with Crippen molar-refractivity contribution in [2.24, 2.45) is 0 Å². The van der Waals surface area contributed by atoms with Crippen molar-refractivity contribution in [3.05, 3.63) is 35.9 Å². The van der Waals surface area contributed by atoms with Crippen molar-refractivity contribution >= 4 is 6.09 Å². The number of carbonyl (C=O) groups excluding carboxylic acids is 1. The number of aliphatic hydroxyl groups is 1. The largest absolute Gasteiger partial charge is 0.445 e. The van der Waals surface area contributed by atoms with Gasteiger partial charge in [0.2, 0.25) is 0 Å². The van der Waals surface area contributed by atoms with E-state index in [1.54, 1.807) is 0 Å². The molecule has 1 saturated carbocycles. The third-order valence-electron chi connectivity index (χ3n) is 3.99. The lowest BCUT2D eigenvalue weighted by Gasteiger charge is -2.37. The molecule has 1 aliphatic rings. The molecule has 0 saturated heterocycles. The van der Waals surface area contributed by atoms with Gasteiger partial charge in [-0.2, -0.15) is 0 Å². The predicted octanol–water partition coefficient (Wildman–Crippen LogP) is 2.19. The van der Waals surface area contributed by atoms with Gasteiger partial charge in [0.1, 0.15) is 6.61 Å². The highest BCUT2D eigenvalue weighted by molar-refractivity contribution is 5.67. The van der Waals surface area contributed by atoms with Crippen molar-refractivity contribution in [1.82, 2.24) is 10.6 Å². The van der Waals surface area contributed by atoms with Crippen LogP contribution in [0.1, 0.15) is 38.2 Å². The highest BCUT2D eigenvalue weighted by atomic mass is 16.5. The molecule has 0 aromatic heterocycles. The minimum atomic E-state index is -0.347. The number of carbonyl (C=O) groups is 1. The molecule has 2 rings (SSSR count). The zero-order chi connectivity index (χ0) is 15.8. The molecule has 5 nitrogen and oxygen atoms in total. The van der Waals surface area contributed by atoms with Crippen molar-refractivity contribution in [2.45, 2.75) is 57.3 Å². The topological polar surface area (TPSA) is 70.6 Å². The Kier molecular flexibility index (Phi) is 6.68. The van der Waals surface area contributed by atoms with Crippen molar-refractivity contribution in [3.8, 4) is 0 Å². The summed E-state index contributed by atoms with van der Waals surface area (Å²) in [6.45, 7) is 2.68. The van der Waals surface area contributed by atoms with Crippen molar-refractivity contribution in [2.75, 3.05) is 6.61 Å². The summed E-state index contributed by atoms with van der Waals surface area (Å²) in [5.74, 6) is 0. The highest BCUT2D eigenvalue weighted by Crippen LogP contribution is 2.21. The Morgan fingerprint density at radius 1 is 1.32 bits per heavy atom. The minimum absolute atomic E-state index is 0.200. The number of benzene rings is 1. The maximum absolute atomic E-state index is 11.7. The highest BCUT2D eigenvalue weighted by Gasteiger charge is 2.31. The Labute approximate surface area is 132 Å². The van der Waals surface area contributed by atoms with Crippen LogP contribution < -0.4 is 10.6 Å². The number of ether oxygens (including phenoxy) is 1. The van der Waals surface area contributed by atoms with E-state index in [1.165, 1.54) is 0 Å². The summed E-state index contributed by atoms with van der Waals surface area (Å²) >= 11 is 0. The third-order valence-corrected chi connectivity index (χ3v) is 3.99. The van der Waals surface area contributed by atoms with Crippen molar-refractivity contribution in [1.29, 1.82) is 0 Å². The van der Waals surface area contributed by atoms with Gasteiger partial charge in [0.25, 0.3) is 0 Å². The Morgan fingerprint density at radius 3 is 2.73 bits per heavy atom. The van der Waals surface area contributed by atoms with E-state index >= 15 is 0 Å². The normalized spacial score (nSPS) is 21.7. The van der Waals surface area contributed by atoms with Crippen LogP contribution in [-0.4, -0.2) is 35.9 Å². The number of rotatable bonds is 8. The minimum Gasteiger partial charge on any atom is -0.445 e. The smallest absolute Gasteiger partial charge is 0.407 e. The van der Waals surface area contributed by atoms with Crippen LogP contribution >= 0.6 is 0 Å². The summed E-state index contributed by atoms with van der Waals surface area (Å²) < 4.78 is 5.21. The molecular weight excluding hydrogens is 280 g/mol. The molecule has 0 heterocycles. The van der Waals surface area contributed by atoms with Gasteiger partial charge in [-0.3, -0.25) is 0 Å². The first kappa shape index (κ1) is 16.8. The summed E-state index contributed by atoms with van der Waals surface area (Å²) in [7, 11) is 0. The van der Waals surface area contributed by atoms with E-state index in [1.807, 2.05) is 30.3 Å². The molecule has 1 atom stereocenters. The summed E-state index contributed by atoms with van der Waals surface area (Å²) in [4.78, 5) is 11.7. The standard InChI is InChI=1S/C17H26N2O3/c1-13(6-5-9-20)18-15-10-16(11-15)19-17(21)22-12-14-7-3-2-4-8-14/h2-4,7-8,13,15-16,18,20H,5-6,9-12H2,1H3,(H,19,21). The van der Waals surface area contributed by atoms with Crippen LogP contribution in [0.15, 0.2) is 30.3 Å². The number of amides is 1. The molecule has 122 valence electrons. The van der Waals surface area contributed by atoms with Crippen molar-refractivity contribution < 1.29 is 14.6 Å². The number of nitrogens with one attached hydrogen (secondary N) is 2. The zero-order valence-corrected chi connectivity index (χ0v) is 13.1. The van der Waals surface area contributed by atoms with Crippen molar-refractivity contribution in [3.63, 3.8) is 0 Å². The van der Waals surface area contributed by atoms with Crippen LogP contribution in [0.25, 0.3) is 0 Å². The van der Waals surface area contributed by atoms with Gasteiger partial charge in [-0.15, -0.1) is 0 Å². The van der Waals surface area contributed by atoms with Crippen LogP contribution in [0.4, 0.5) is 4.79 Å². The average molecular weight is 306 g/mol. The number of alkyl carbamates (subject to hydrolysis) is 1. The second kappa shape index (κ2) is 8.76. The first-order chi connectivity index (χ1) is 10.7. The molecular formula is C17H26N2O3. The summed E-state index contributed by atoms with van der Waals surface area (Å²) in [5.41, 5.74) is 0.989. The third kappa shape index (κ3) is 5.66. The molecule has 0 radical (unpaired) electrons. The van der Waals surface area contributed by atoms with Crippen LogP contribution in [0, 0.1) is 0 Å². The Bertz CT molecular complexity index is 446. The molecule has 0 aliphatic heterocycles. The van der Waals surface area contributed by atoms with Gasteiger partial charge in [0, 0.05) is 24.7 Å². The lowest BCUT2D eigenvalue weighted by atomic mass is 9.86.